The minimum absolute atomic E-state index is 0.0142. The fourth-order valence-corrected chi connectivity index (χ4v) is 3.59. The van der Waals surface area contributed by atoms with Crippen LogP contribution in [0.2, 0.25) is 0 Å². The van der Waals surface area contributed by atoms with E-state index in [9.17, 15) is 4.79 Å². The number of carbonyl (C=O) groups is 1. The summed E-state index contributed by atoms with van der Waals surface area (Å²) in [6.07, 6.45) is 9.76. The topological polar surface area (TPSA) is 38.3 Å². The van der Waals surface area contributed by atoms with Crippen molar-refractivity contribution < 1.29 is 9.53 Å². The first kappa shape index (κ1) is 13.9. The Kier molecular flexibility index (Phi) is 5.04. The number of rotatable bonds is 4. The van der Waals surface area contributed by atoms with Gasteiger partial charge in [-0.15, -0.1) is 0 Å². The lowest BCUT2D eigenvalue weighted by molar-refractivity contribution is -0.143. The molecule has 1 saturated heterocycles. The van der Waals surface area contributed by atoms with Crippen molar-refractivity contribution in [1.82, 2.24) is 5.32 Å². The smallest absolute Gasteiger partial charge is 0.305 e. The van der Waals surface area contributed by atoms with Gasteiger partial charge in [0.2, 0.25) is 0 Å². The van der Waals surface area contributed by atoms with Crippen LogP contribution in [-0.2, 0) is 9.53 Å². The molecule has 104 valence electrons. The molecule has 2 rings (SSSR count). The van der Waals surface area contributed by atoms with Crippen LogP contribution < -0.4 is 5.32 Å². The van der Waals surface area contributed by atoms with Gasteiger partial charge in [0, 0.05) is 6.42 Å². The highest BCUT2D eigenvalue weighted by Crippen LogP contribution is 2.45. The summed E-state index contributed by atoms with van der Waals surface area (Å²) >= 11 is 0. The molecule has 1 N–H and O–H groups in total. The zero-order chi connectivity index (χ0) is 12.8. The van der Waals surface area contributed by atoms with E-state index < -0.39 is 0 Å². The first-order chi connectivity index (χ1) is 8.74. The van der Waals surface area contributed by atoms with Crippen molar-refractivity contribution in [2.75, 3.05) is 19.7 Å². The molecule has 3 nitrogen and oxygen atoms in total. The van der Waals surface area contributed by atoms with Gasteiger partial charge in [0.15, 0.2) is 0 Å². The Labute approximate surface area is 111 Å². The van der Waals surface area contributed by atoms with Crippen molar-refractivity contribution in [3.63, 3.8) is 0 Å². The van der Waals surface area contributed by atoms with Crippen LogP contribution in [0.4, 0.5) is 0 Å². The van der Waals surface area contributed by atoms with Crippen LogP contribution in [0.5, 0.6) is 0 Å². The maximum absolute atomic E-state index is 11.4. The molecule has 0 unspecified atom stereocenters. The number of esters is 1. The number of hydrogen-bond acceptors (Lipinski definition) is 3. The Balaban J connectivity index is 1.68. The van der Waals surface area contributed by atoms with Gasteiger partial charge in [0.05, 0.1) is 6.61 Å². The second kappa shape index (κ2) is 6.55. The van der Waals surface area contributed by atoms with Crippen molar-refractivity contribution in [3.05, 3.63) is 0 Å². The molecule has 0 aromatic heterocycles. The third-order valence-electron chi connectivity index (χ3n) is 4.89. The maximum Gasteiger partial charge on any atom is 0.305 e. The maximum atomic E-state index is 11.4. The van der Waals surface area contributed by atoms with Crippen molar-refractivity contribution in [2.24, 2.45) is 11.3 Å². The van der Waals surface area contributed by atoms with E-state index in [2.05, 4.69) is 5.32 Å². The normalized spacial score (nSPS) is 24.1. The van der Waals surface area contributed by atoms with Crippen LogP contribution in [-0.4, -0.2) is 25.7 Å². The average molecular weight is 253 g/mol. The quantitative estimate of drug-likeness (QED) is 0.783. The zero-order valence-corrected chi connectivity index (χ0v) is 11.7. The summed E-state index contributed by atoms with van der Waals surface area (Å²) in [4.78, 5) is 11.4. The molecule has 3 heteroatoms. The van der Waals surface area contributed by atoms with Crippen molar-refractivity contribution in [3.8, 4) is 0 Å². The Morgan fingerprint density at radius 3 is 2.50 bits per heavy atom. The van der Waals surface area contributed by atoms with E-state index in [1.165, 1.54) is 51.6 Å². The molecule has 18 heavy (non-hydrogen) atoms. The van der Waals surface area contributed by atoms with Gasteiger partial charge in [-0.2, -0.15) is 0 Å². The molecule has 0 bridgehead atoms. The van der Waals surface area contributed by atoms with E-state index in [-0.39, 0.29) is 5.97 Å². The van der Waals surface area contributed by atoms with E-state index in [0.29, 0.717) is 18.4 Å². The fourth-order valence-electron chi connectivity index (χ4n) is 3.59. The molecular weight excluding hydrogens is 226 g/mol. The highest BCUT2D eigenvalue weighted by Gasteiger charge is 2.35. The molecule has 1 spiro atoms. The van der Waals surface area contributed by atoms with Gasteiger partial charge in [-0.25, -0.2) is 0 Å². The molecular formula is C15H27NO2. The molecule has 1 aliphatic carbocycles. The molecule has 0 radical (unpaired) electrons. The lowest BCUT2D eigenvalue weighted by Crippen LogP contribution is -2.39. The molecule has 1 saturated carbocycles. The van der Waals surface area contributed by atoms with E-state index in [0.717, 1.165) is 12.3 Å². The Bertz CT molecular complexity index is 262. The number of piperidine rings is 1. The van der Waals surface area contributed by atoms with E-state index in [1.807, 2.05) is 6.92 Å². The third-order valence-corrected chi connectivity index (χ3v) is 4.89. The minimum atomic E-state index is -0.0142. The predicted molar refractivity (Wildman–Crippen MR) is 72.4 cm³/mol. The molecule has 0 aromatic carbocycles. The van der Waals surface area contributed by atoms with Gasteiger partial charge in [-0.3, -0.25) is 4.79 Å². The van der Waals surface area contributed by atoms with Gasteiger partial charge in [-0.1, -0.05) is 0 Å². The summed E-state index contributed by atoms with van der Waals surface area (Å²) in [6, 6.07) is 0. The summed E-state index contributed by atoms with van der Waals surface area (Å²) in [5.74, 6) is 0.745. The fraction of sp³-hybridized carbons (Fsp3) is 0.933. The molecule has 0 atom stereocenters. The standard InChI is InChI=1S/C15H27NO2/c1-2-18-14(17)4-3-13-5-7-15(8-6-13)9-11-16-12-10-15/h13,16H,2-12H2,1H3. The van der Waals surface area contributed by atoms with Gasteiger partial charge < -0.3 is 10.1 Å². The first-order valence-electron chi connectivity index (χ1n) is 7.60. The van der Waals surface area contributed by atoms with Gasteiger partial charge in [0.1, 0.15) is 0 Å². The van der Waals surface area contributed by atoms with Crippen LogP contribution in [0.3, 0.4) is 0 Å². The zero-order valence-electron chi connectivity index (χ0n) is 11.7. The second-order valence-corrected chi connectivity index (χ2v) is 6.04. The molecule has 2 fully saturated rings. The van der Waals surface area contributed by atoms with Crippen LogP contribution in [0.15, 0.2) is 0 Å². The SMILES string of the molecule is CCOC(=O)CCC1CCC2(CCNCC2)CC1. The van der Waals surface area contributed by atoms with Gasteiger partial charge >= 0.3 is 5.97 Å². The van der Waals surface area contributed by atoms with Gasteiger partial charge in [0.25, 0.3) is 0 Å². The molecule has 1 heterocycles. The Morgan fingerprint density at radius 1 is 1.22 bits per heavy atom. The van der Waals surface area contributed by atoms with Crippen LogP contribution in [0.25, 0.3) is 0 Å². The third kappa shape index (κ3) is 3.71. The molecule has 0 amide bonds. The van der Waals surface area contributed by atoms with Crippen LogP contribution in [0.1, 0.15) is 58.3 Å². The van der Waals surface area contributed by atoms with Crippen LogP contribution >= 0.6 is 0 Å². The van der Waals surface area contributed by atoms with Gasteiger partial charge in [-0.05, 0) is 76.3 Å². The number of nitrogens with one attached hydrogen (secondary N) is 1. The summed E-state index contributed by atoms with van der Waals surface area (Å²) in [5.41, 5.74) is 0.645. The summed E-state index contributed by atoms with van der Waals surface area (Å²) in [6.45, 7) is 4.79. The van der Waals surface area contributed by atoms with E-state index in [4.69, 9.17) is 4.74 Å². The Morgan fingerprint density at radius 2 is 1.89 bits per heavy atom. The largest absolute Gasteiger partial charge is 0.466 e. The highest BCUT2D eigenvalue weighted by atomic mass is 16.5. The number of carbonyl (C=O) groups excluding carboxylic acids is 1. The lowest BCUT2D eigenvalue weighted by atomic mass is 9.65. The summed E-state index contributed by atoms with van der Waals surface area (Å²) < 4.78 is 5.00. The van der Waals surface area contributed by atoms with Crippen molar-refractivity contribution in [2.45, 2.75) is 58.3 Å². The second-order valence-electron chi connectivity index (χ2n) is 6.04. The molecule has 0 aromatic rings. The predicted octanol–water partition coefficient (Wildman–Crippen LogP) is 2.89. The van der Waals surface area contributed by atoms with Crippen molar-refractivity contribution >= 4 is 5.97 Å². The average Bonchev–Trinajstić information content (AvgIpc) is 2.40. The summed E-state index contributed by atoms with van der Waals surface area (Å²) in [5, 5.41) is 3.46. The Hall–Kier alpha value is -0.570. The lowest BCUT2D eigenvalue weighted by Gasteiger charge is -2.43. The molecule has 1 aliphatic heterocycles. The van der Waals surface area contributed by atoms with E-state index >= 15 is 0 Å². The van der Waals surface area contributed by atoms with Crippen LogP contribution in [0, 0.1) is 11.3 Å². The number of ether oxygens (including phenoxy) is 1. The first-order valence-corrected chi connectivity index (χ1v) is 7.60. The van der Waals surface area contributed by atoms with E-state index in [1.54, 1.807) is 0 Å². The number of hydrogen-bond donors (Lipinski definition) is 1. The van der Waals surface area contributed by atoms with Crippen molar-refractivity contribution in [1.29, 1.82) is 0 Å². The monoisotopic (exact) mass is 253 g/mol. The molecule has 2 aliphatic rings. The highest BCUT2D eigenvalue weighted by molar-refractivity contribution is 5.69. The summed E-state index contributed by atoms with van der Waals surface area (Å²) in [7, 11) is 0. The minimum Gasteiger partial charge on any atom is -0.466 e.